The van der Waals surface area contributed by atoms with E-state index in [1.807, 2.05) is 18.2 Å². The maximum Gasteiger partial charge on any atom is 0.0677 e. The van der Waals surface area contributed by atoms with E-state index in [9.17, 15) is 5.11 Å². The van der Waals surface area contributed by atoms with Gasteiger partial charge in [-0.25, -0.2) is 0 Å². The van der Waals surface area contributed by atoms with Gasteiger partial charge in [0.05, 0.1) is 6.10 Å². The first-order valence-electron chi connectivity index (χ1n) is 6.60. The van der Waals surface area contributed by atoms with Crippen LogP contribution in [0.2, 0.25) is 0 Å². The zero-order valence-electron chi connectivity index (χ0n) is 11.3. The second-order valence-electron chi connectivity index (χ2n) is 4.69. The summed E-state index contributed by atoms with van der Waals surface area (Å²) in [6, 6.07) is 10.1. The van der Waals surface area contributed by atoms with E-state index in [0.29, 0.717) is 0 Å². The van der Waals surface area contributed by atoms with Crippen LogP contribution in [0, 0.1) is 18.3 Å². The van der Waals surface area contributed by atoms with E-state index in [1.165, 1.54) is 5.56 Å². The molecule has 0 aliphatic heterocycles. The summed E-state index contributed by atoms with van der Waals surface area (Å²) >= 11 is 0. The van der Waals surface area contributed by atoms with Gasteiger partial charge in [-0.1, -0.05) is 43.7 Å². The third-order valence-electron chi connectivity index (χ3n) is 3.15. The fourth-order valence-electron chi connectivity index (χ4n) is 2.16. The molecule has 0 bridgehead atoms. The fraction of sp³-hybridized carbons (Fsp3) is 0.500. The average Bonchev–Trinajstić information content (AvgIpc) is 2.38. The van der Waals surface area contributed by atoms with Crippen LogP contribution in [-0.4, -0.2) is 17.3 Å². The second kappa shape index (κ2) is 7.92. The maximum absolute atomic E-state index is 9.86. The lowest BCUT2D eigenvalue weighted by atomic mass is 9.92. The van der Waals surface area contributed by atoms with Gasteiger partial charge >= 0.3 is 0 Å². The molecule has 1 aromatic rings. The van der Waals surface area contributed by atoms with E-state index in [1.54, 1.807) is 6.92 Å². The molecular weight excluding hydrogens is 222 g/mol. The number of aliphatic hydroxyl groups is 1. The van der Waals surface area contributed by atoms with Crippen molar-refractivity contribution in [2.75, 3.05) is 0 Å². The highest BCUT2D eigenvalue weighted by molar-refractivity contribution is 5.14. The molecule has 0 saturated heterocycles. The first-order valence-corrected chi connectivity index (χ1v) is 6.60. The number of hydrogen-bond donors (Lipinski definition) is 2. The standard InChI is InChI=1S/C16H23NO/c1-4-9-15(5-2)16(13(3)18)17-12-14-10-7-6-8-11-14/h2,6-8,10-11,13,15-18H,4,9,12H2,1,3H3. The van der Waals surface area contributed by atoms with E-state index >= 15 is 0 Å². The molecule has 0 aliphatic carbocycles. The van der Waals surface area contributed by atoms with Crippen LogP contribution < -0.4 is 5.32 Å². The predicted octanol–water partition coefficient (Wildman–Crippen LogP) is 2.58. The Morgan fingerprint density at radius 3 is 2.50 bits per heavy atom. The van der Waals surface area contributed by atoms with Crippen molar-refractivity contribution in [2.24, 2.45) is 5.92 Å². The molecule has 0 aromatic heterocycles. The number of terminal acetylenes is 1. The van der Waals surface area contributed by atoms with Gasteiger partial charge in [0, 0.05) is 18.5 Å². The number of nitrogens with one attached hydrogen (secondary N) is 1. The summed E-state index contributed by atoms with van der Waals surface area (Å²) in [6.45, 7) is 4.64. The summed E-state index contributed by atoms with van der Waals surface area (Å²) in [5.41, 5.74) is 1.20. The van der Waals surface area contributed by atoms with Crippen LogP contribution in [0.15, 0.2) is 30.3 Å². The molecule has 0 saturated carbocycles. The zero-order chi connectivity index (χ0) is 13.4. The van der Waals surface area contributed by atoms with Crippen LogP contribution in [0.4, 0.5) is 0 Å². The molecule has 0 aliphatic rings. The predicted molar refractivity (Wildman–Crippen MR) is 76.0 cm³/mol. The van der Waals surface area contributed by atoms with E-state index < -0.39 is 6.10 Å². The molecule has 2 N–H and O–H groups in total. The number of hydrogen-bond acceptors (Lipinski definition) is 2. The van der Waals surface area contributed by atoms with Gasteiger partial charge in [0.1, 0.15) is 0 Å². The van der Waals surface area contributed by atoms with Crippen molar-refractivity contribution in [3.63, 3.8) is 0 Å². The van der Waals surface area contributed by atoms with Crippen molar-refractivity contribution < 1.29 is 5.11 Å². The Labute approximate surface area is 110 Å². The van der Waals surface area contributed by atoms with Crippen LogP contribution in [0.1, 0.15) is 32.3 Å². The molecule has 2 heteroatoms. The molecular formula is C16H23NO. The van der Waals surface area contributed by atoms with Gasteiger partial charge in [0.25, 0.3) is 0 Å². The molecule has 0 radical (unpaired) electrons. The fourth-order valence-corrected chi connectivity index (χ4v) is 2.16. The van der Waals surface area contributed by atoms with E-state index in [0.717, 1.165) is 19.4 Å². The summed E-state index contributed by atoms with van der Waals surface area (Å²) in [5.74, 6) is 2.88. The Bertz CT molecular complexity index is 366. The highest BCUT2D eigenvalue weighted by Gasteiger charge is 2.22. The third kappa shape index (κ3) is 4.52. The zero-order valence-corrected chi connectivity index (χ0v) is 11.3. The lowest BCUT2D eigenvalue weighted by Gasteiger charge is -2.27. The minimum absolute atomic E-state index is 0.0462. The molecule has 0 spiro atoms. The normalized spacial score (nSPS) is 15.7. The van der Waals surface area contributed by atoms with Gasteiger partial charge in [0.2, 0.25) is 0 Å². The third-order valence-corrected chi connectivity index (χ3v) is 3.15. The van der Waals surface area contributed by atoms with Crippen molar-refractivity contribution >= 4 is 0 Å². The molecule has 1 rings (SSSR count). The van der Waals surface area contributed by atoms with Crippen molar-refractivity contribution in [2.45, 2.75) is 45.4 Å². The largest absolute Gasteiger partial charge is 0.392 e. The minimum atomic E-state index is -0.443. The van der Waals surface area contributed by atoms with E-state index in [4.69, 9.17) is 6.42 Å². The molecule has 3 atom stereocenters. The van der Waals surface area contributed by atoms with Crippen molar-refractivity contribution in [3.8, 4) is 12.3 Å². The van der Waals surface area contributed by atoms with Gasteiger partial charge in [-0.2, -0.15) is 0 Å². The molecule has 0 heterocycles. The molecule has 2 nitrogen and oxygen atoms in total. The average molecular weight is 245 g/mol. The Morgan fingerprint density at radius 1 is 1.33 bits per heavy atom. The van der Waals surface area contributed by atoms with Gasteiger partial charge in [-0.3, -0.25) is 0 Å². The molecule has 0 fully saturated rings. The van der Waals surface area contributed by atoms with Crippen molar-refractivity contribution in [3.05, 3.63) is 35.9 Å². The Morgan fingerprint density at radius 2 is 2.00 bits per heavy atom. The number of benzene rings is 1. The van der Waals surface area contributed by atoms with Crippen molar-refractivity contribution in [1.29, 1.82) is 0 Å². The van der Waals surface area contributed by atoms with Crippen LogP contribution in [0.25, 0.3) is 0 Å². The van der Waals surface area contributed by atoms with Gasteiger partial charge in [-0.15, -0.1) is 12.3 Å². The SMILES string of the molecule is C#CC(CCC)C(NCc1ccccc1)C(C)O. The summed E-state index contributed by atoms with van der Waals surface area (Å²) in [7, 11) is 0. The van der Waals surface area contributed by atoms with Gasteiger partial charge < -0.3 is 10.4 Å². The smallest absolute Gasteiger partial charge is 0.0677 e. The Hall–Kier alpha value is -1.30. The number of aliphatic hydroxyl groups excluding tert-OH is 1. The Kier molecular flexibility index (Phi) is 6.49. The first kappa shape index (κ1) is 14.8. The van der Waals surface area contributed by atoms with Gasteiger partial charge in [-0.05, 0) is 18.9 Å². The lowest BCUT2D eigenvalue weighted by Crippen LogP contribution is -2.43. The molecule has 98 valence electrons. The first-order chi connectivity index (χ1) is 8.69. The Balaban J connectivity index is 2.61. The van der Waals surface area contributed by atoms with E-state index in [2.05, 4.69) is 30.3 Å². The maximum atomic E-state index is 9.86. The quantitative estimate of drug-likeness (QED) is 0.724. The minimum Gasteiger partial charge on any atom is -0.392 e. The highest BCUT2D eigenvalue weighted by atomic mass is 16.3. The van der Waals surface area contributed by atoms with Crippen LogP contribution in [0.5, 0.6) is 0 Å². The monoisotopic (exact) mass is 245 g/mol. The summed E-state index contributed by atoms with van der Waals surface area (Å²) in [4.78, 5) is 0. The van der Waals surface area contributed by atoms with Crippen LogP contribution in [-0.2, 0) is 6.54 Å². The summed E-state index contributed by atoms with van der Waals surface area (Å²) in [6.07, 6.45) is 7.09. The number of rotatable bonds is 7. The second-order valence-corrected chi connectivity index (χ2v) is 4.69. The summed E-state index contributed by atoms with van der Waals surface area (Å²) < 4.78 is 0. The van der Waals surface area contributed by atoms with E-state index in [-0.39, 0.29) is 12.0 Å². The van der Waals surface area contributed by atoms with Crippen LogP contribution >= 0.6 is 0 Å². The highest BCUT2D eigenvalue weighted by Crippen LogP contribution is 2.14. The van der Waals surface area contributed by atoms with Gasteiger partial charge in [0.15, 0.2) is 0 Å². The molecule has 18 heavy (non-hydrogen) atoms. The molecule has 0 amide bonds. The van der Waals surface area contributed by atoms with Crippen LogP contribution in [0.3, 0.4) is 0 Å². The molecule has 3 unspecified atom stereocenters. The van der Waals surface area contributed by atoms with Crippen molar-refractivity contribution in [1.82, 2.24) is 5.32 Å². The summed E-state index contributed by atoms with van der Waals surface area (Å²) in [5, 5.41) is 13.2. The topological polar surface area (TPSA) is 32.3 Å². The molecule has 1 aromatic carbocycles. The lowest BCUT2D eigenvalue weighted by molar-refractivity contribution is 0.122.